The Kier molecular flexibility index (Phi) is 4.30. The lowest BCUT2D eigenvalue weighted by Gasteiger charge is -2.25. The second kappa shape index (κ2) is 5.66. The minimum Gasteiger partial charge on any atom is -0.309 e. The molecule has 2 heterocycles. The highest BCUT2D eigenvalue weighted by molar-refractivity contribution is 7.18. The van der Waals surface area contributed by atoms with E-state index < -0.39 is 0 Å². The Labute approximate surface area is 123 Å². The van der Waals surface area contributed by atoms with Crippen molar-refractivity contribution in [3.05, 3.63) is 26.6 Å². The van der Waals surface area contributed by atoms with Gasteiger partial charge < -0.3 is 10.3 Å². The summed E-state index contributed by atoms with van der Waals surface area (Å²) >= 11 is 1.59. The van der Waals surface area contributed by atoms with E-state index in [0.29, 0.717) is 12.4 Å². The molecule has 0 saturated carbocycles. The highest BCUT2D eigenvalue weighted by Gasteiger charge is 2.17. The molecule has 0 spiro atoms. The van der Waals surface area contributed by atoms with Crippen molar-refractivity contribution in [3.63, 3.8) is 0 Å². The van der Waals surface area contributed by atoms with Crippen molar-refractivity contribution in [1.29, 1.82) is 0 Å². The summed E-state index contributed by atoms with van der Waals surface area (Å²) < 4.78 is 0. The van der Waals surface area contributed by atoms with E-state index >= 15 is 0 Å². The van der Waals surface area contributed by atoms with Crippen molar-refractivity contribution in [2.45, 2.75) is 59.5 Å². The van der Waals surface area contributed by atoms with Gasteiger partial charge in [-0.2, -0.15) is 0 Å². The Hall–Kier alpha value is -1.20. The van der Waals surface area contributed by atoms with Gasteiger partial charge in [0.2, 0.25) is 0 Å². The van der Waals surface area contributed by atoms with Crippen LogP contribution in [-0.2, 0) is 6.54 Å². The van der Waals surface area contributed by atoms with Crippen LogP contribution in [0.25, 0.3) is 10.2 Å². The second-order valence-electron chi connectivity index (χ2n) is 5.96. The molecule has 0 aliphatic heterocycles. The molecular formula is C15H23N3OS. The third kappa shape index (κ3) is 3.10. The molecule has 2 rings (SSSR count). The lowest BCUT2D eigenvalue weighted by Crippen LogP contribution is -2.39. The minimum atomic E-state index is -0.0260. The van der Waals surface area contributed by atoms with Crippen molar-refractivity contribution in [2.24, 2.45) is 0 Å². The van der Waals surface area contributed by atoms with Gasteiger partial charge in [0.25, 0.3) is 5.56 Å². The Bertz CT molecular complexity index is 670. The number of hydrogen-bond donors (Lipinski definition) is 2. The molecule has 0 aliphatic rings. The summed E-state index contributed by atoms with van der Waals surface area (Å²) in [5.74, 6) is 0.716. The van der Waals surface area contributed by atoms with E-state index in [1.165, 1.54) is 0 Å². The molecule has 0 aromatic carbocycles. The Morgan fingerprint density at radius 1 is 1.35 bits per heavy atom. The Morgan fingerprint density at radius 2 is 2.05 bits per heavy atom. The molecule has 4 nitrogen and oxygen atoms in total. The number of nitrogens with one attached hydrogen (secondary N) is 2. The van der Waals surface area contributed by atoms with E-state index in [2.05, 4.69) is 36.1 Å². The quantitative estimate of drug-likeness (QED) is 0.889. The van der Waals surface area contributed by atoms with E-state index in [4.69, 9.17) is 0 Å². The predicted octanol–water partition coefficient (Wildman–Crippen LogP) is 3.27. The first-order valence-electron chi connectivity index (χ1n) is 7.08. The van der Waals surface area contributed by atoms with E-state index in [0.717, 1.165) is 33.5 Å². The normalized spacial score (nSPS) is 12.2. The number of fused-ring (bicyclic) bond motifs is 1. The summed E-state index contributed by atoms with van der Waals surface area (Å²) in [6.07, 6.45) is 2.23. The molecule has 0 aliphatic carbocycles. The SMILES string of the molecule is CCCC(C)(C)NCc1nc2sc(C)c(C)c2c(=O)[nH]1. The van der Waals surface area contributed by atoms with Crippen LogP contribution in [0.4, 0.5) is 0 Å². The molecule has 5 heteroatoms. The maximum absolute atomic E-state index is 12.2. The molecule has 110 valence electrons. The average molecular weight is 293 g/mol. The van der Waals surface area contributed by atoms with Crippen LogP contribution in [0.2, 0.25) is 0 Å². The molecule has 0 atom stereocenters. The molecule has 2 aromatic heterocycles. The van der Waals surface area contributed by atoms with Crippen LogP contribution in [0.5, 0.6) is 0 Å². The fourth-order valence-electron chi connectivity index (χ4n) is 2.42. The highest BCUT2D eigenvalue weighted by atomic mass is 32.1. The number of aromatic nitrogens is 2. The average Bonchev–Trinajstić information content (AvgIpc) is 2.63. The van der Waals surface area contributed by atoms with Gasteiger partial charge in [0.1, 0.15) is 10.7 Å². The Balaban J connectivity index is 2.26. The molecule has 2 N–H and O–H groups in total. The van der Waals surface area contributed by atoms with Crippen molar-refractivity contribution < 1.29 is 0 Å². The van der Waals surface area contributed by atoms with Crippen LogP contribution in [0.3, 0.4) is 0 Å². The van der Waals surface area contributed by atoms with Gasteiger partial charge in [-0.15, -0.1) is 11.3 Å². The smallest absolute Gasteiger partial charge is 0.259 e. The van der Waals surface area contributed by atoms with Crippen LogP contribution < -0.4 is 10.9 Å². The fourth-order valence-corrected chi connectivity index (χ4v) is 3.47. The molecule has 0 bridgehead atoms. The van der Waals surface area contributed by atoms with Gasteiger partial charge in [-0.1, -0.05) is 13.3 Å². The molecule has 0 radical (unpaired) electrons. The first-order valence-corrected chi connectivity index (χ1v) is 7.89. The van der Waals surface area contributed by atoms with Crippen molar-refractivity contribution in [2.75, 3.05) is 0 Å². The molecule has 0 amide bonds. The van der Waals surface area contributed by atoms with Crippen LogP contribution in [-0.4, -0.2) is 15.5 Å². The second-order valence-corrected chi connectivity index (χ2v) is 7.17. The lowest BCUT2D eigenvalue weighted by atomic mass is 9.99. The molecule has 2 aromatic rings. The number of H-pyrrole nitrogens is 1. The number of hydrogen-bond acceptors (Lipinski definition) is 4. The van der Waals surface area contributed by atoms with Gasteiger partial charge in [-0.05, 0) is 39.7 Å². The predicted molar refractivity (Wildman–Crippen MR) is 85.5 cm³/mol. The van der Waals surface area contributed by atoms with E-state index in [-0.39, 0.29) is 11.1 Å². The third-order valence-electron chi connectivity index (χ3n) is 3.70. The first-order chi connectivity index (χ1) is 9.34. The van der Waals surface area contributed by atoms with Gasteiger partial charge in [0.05, 0.1) is 11.9 Å². The lowest BCUT2D eigenvalue weighted by molar-refractivity contribution is 0.353. The van der Waals surface area contributed by atoms with Crippen molar-refractivity contribution in [1.82, 2.24) is 15.3 Å². The van der Waals surface area contributed by atoms with Crippen molar-refractivity contribution in [3.8, 4) is 0 Å². The maximum atomic E-state index is 12.2. The number of thiophene rings is 1. The van der Waals surface area contributed by atoms with E-state index in [1.807, 2.05) is 13.8 Å². The van der Waals surface area contributed by atoms with Crippen LogP contribution in [0.15, 0.2) is 4.79 Å². The maximum Gasteiger partial charge on any atom is 0.259 e. The standard InChI is InChI=1S/C15H23N3OS/c1-6-7-15(4,5)16-8-11-17-13(19)12-9(2)10(3)20-14(12)18-11/h16H,6-8H2,1-5H3,(H,17,18,19). The monoisotopic (exact) mass is 293 g/mol. The van der Waals surface area contributed by atoms with Crippen LogP contribution in [0.1, 0.15) is 49.9 Å². The highest BCUT2D eigenvalue weighted by Crippen LogP contribution is 2.25. The summed E-state index contributed by atoms with van der Waals surface area (Å²) in [5.41, 5.74) is 1.08. The topological polar surface area (TPSA) is 57.8 Å². The van der Waals surface area contributed by atoms with Gasteiger partial charge in [-0.3, -0.25) is 4.79 Å². The minimum absolute atomic E-state index is 0.0260. The molecule has 0 unspecified atom stereocenters. The first kappa shape index (κ1) is 15.2. The number of rotatable bonds is 5. The summed E-state index contributed by atoms with van der Waals surface area (Å²) in [5, 5.41) is 4.20. The zero-order valence-corrected chi connectivity index (χ0v) is 13.7. The molecule has 0 saturated heterocycles. The van der Waals surface area contributed by atoms with Crippen molar-refractivity contribution >= 4 is 21.6 Å². The summed E-state index contributed by atoms with van der Waals surface area (Å²) in [6.45, 7) is 11.1. The number of aryl methyl sites for hydroxylation is 2. The number of aromatic amines is 1. The van der Waals surface area contributed by atoms with Crippen LogP contribution in [0, 0.1) is 13.8 Å². The van der Waals surface area contributed by atoms with Gasteiger partial charge >= 0.3 is 0 Å². The molecule has 20 heavy (non-hydrogen) atoms. The van der Waals surface area contributed by atoms with E-state index in [1.54, 1.807) is 11.3 Å². The Morgan fingerprint density at radius 3 is 2.70 bits per heavy atom. The fraction of sp³-hybridized carbons (Fsp3) is 0.600. The van der Waals surface area contributed by atoms with Gasteiger partial charge in [-0.25, -0.2) is 4.98 Å². The number of nitrogens with zero attached hydrogens (tertiary/aromatic N) is 1. The summed E-state index contributed by atoms with van der Waals surface area (Å²) in [6, 6.07) is 0. The van der Waals surface area contributed by atoms with Crippen LogP contribution >= 0.6 is 11.3 Å². The van der Waals surface area contributed by atoms with Gasteiger partial charge in [0, 0.05) is 10.4 Å². The largest absolute Gasteiger partial charge is 0.309 e. The summed E-state index contributed by atoms with van der Waals surface area (Å²) in [4.78, 5) is 21.6. The zero-order chi connectivity index (χ0) is 14.9. The molecular weight excluding hydrogens is 270 g/mol. The van der Waals surface area contributed by atoms with Gasteiger partial charge in [0.15, 0.2) is 0 Å². The molecule has 0 fully saturated rings. The zero-order valence-electron chi connectivity index (χ0n) is 12.9. The third-order valence-corrected chi connectivity index (χ3v) is 4.80. The summed E-state index contributed by atoms with van der Waals surface area (Å²) in [7, 11) is 0. The van der Waals surface area contributed by atoms with E-state index in [9.17, 15) is 4.79 Å².